The number of benzene rings is 2. The molecule has 0 bridgehead atoms. The highest BCUT2D eigenvalue weighted by Gasteiger charge is 2.49. The number of hydrogen-bond donors (Lipinski definition) is 0. The third-order valence-electron chi connectivity index (χ3n) is 5.43. The molecule has 2 aliphatic heterocycles. The van der Waals surface area contributed by atoms with Gasteiger partial charge in [-0.3, -0.25) is 9.69 Å². The van der Waals surface area contributed by atoms with Gasteiger partial charge in [0.2, 0.25) is 5.91 Å². The minimum atomic E-state index is -3.26. The first-order valence-corrected chi connectivity index (χ1v) is 11.4. The van der Waals surface area contributed by atoms with E-state index in [0.717, 1.165) is 5.56 Å². The monoisotopic (exact) mass is 418 g/mol. The van der Waals surface area contributed by atoms with Crippen molar-refractivity contribution in [2.45, 2.75) is 25.6 Å². The average molecular weight is 418 g/mol. The molecule has 0 spiro atoms. The lowest BCUT2D eigenvalue weighted by Gasteiger charge is -2.43. The Kier molecular flexibility index (Phi) is 5.31. The van der Waals surface area contributed by atoms with E-state index in [9.17, 15) is 17.6 Å². The maximum absolute atomic E-state index is 13.2. The Morgan fingerprint density at radius 1 is 1.03 bits per heavy atom. The number of rotatable bonds is 5. The summed E-state index contributed by atoms with van der Waals surface area (Å²) >= 11 is 0. The minimum absolute atomic E-state index is 0.0136. The summed E-state index contributed by atoms with van der Waals surface area (Å²) in [7, 11) is -3.26. The molecule has 2 atom stereocenters. The third-order valence-corrected chi connectivity index (χ3v) is 7.12. The van der Waals surface area contributed by atoms with Gasteiger partial charge in [-0.1, -0.05) is 12.1 Å². The number of sulfone groups is 1. The van der Waals surface area contributed by atoms with E-state index in [1.165, 1.54) is 12.1 Å². The molecule has 0 saturated carbocycles. The molecule has 0 radical (unpaired) electrons. The number of piperazine rings is 1. The van der Waals surface area contributed by atoms with Gasteiger partial charge in [-0.25, -0.2) is 12.8 Å². The molecule has 2 fully saturated rings. The zero-order chi connectivity index (χ0) is 20.6. The van der Waals surface area contributed by atoms with Gasteiger partial charge < -0.3 is 9.64 Å². The van der Waals surface area contributed by atoms with E-state index in [1.807, 2.05) is 11.8 Å². The van der Waals surface area contributed by atoms with Crippen LogP contribution in [-0.4, -0.2) is 56.0 Å². The predicted octanol–water partition coefficient (Wildman–Crippen LogP) is 2.24. The highest BCUT2D eigenvalue weighted by molar-refractivity contribution is 7.91. The van der Waals surface area contributed by atoms with Gasteiger partial charge in [0.15, 0.2) is 9.84 Å². The number of anilines is 1. The molecular weight excluding hydrogens is 395 g/mol. The maximum atomic E-state index is 13.2. The zero-order valence-electron chi connectivity index (χ0n) is 16.1. The molecule has 29 heavy (non-hydrogen) atoms. The Balaban J connectivity index is 1.61. The fourth-order valence-electron chi connectivity index (χ4n) is 4.16. The third kappa shape index (κ3) is 4.13. The van der Waals surface area contributed by atoms with Crippen LogP contribution in [0.25, 0.3) is 0 Å². The lowest BCUT2D eigenvalue weighted by molar-refractivity contribution is -0.123. The second-order valence-electron chi connectivity index (χ2n) is 7.43. The normalized spacial score (nSPS) is 23.8. The number of carbonyl (C=O) groups is 1. The van der Waals surface area contributed by atoms with Gasteiger partial charge in [0.05, 0.1) is 30.7 Å². The van der Waals surface area contributed by atoms with Crippen LogP contribution in [0.1, 0.15) is 12.5 Å². The van der Waals surface area contributed by atoms with Crippen molar-refractivity contribution >= 4 is 21.4 Å². The zero-order valence-corrected chi connectivity index (χ0v) is 16.9. The number of hydrogen-bond acceptors (Lipinski definition) is 5. The van der Waals surface area contributed by atoms with Gasteiger partial charge in [0, 0.05) is 18.3 Å². The SMILES string of the molecule is CCOc1ccc(N2C(=O)CN(Cc3ccc(F)cc3)[C@@H]3CS(=O)(=O)C[C@@H]32)cc1. The van der Waals surface area contributed by atoms with Gasteiger partial charge >= 0.3 is 0 Å². The van der Waals surface area contributed by atoms with Crippen molar-refractivity contribution in [2.75, 3.05) is 29.6 Å². The first-order valence-electron chi connectivity index (χ1n) is 9.60. The lowest BCUT2D eigenvalue weighted by Crippen LogP contribution is -2.61. The number of halogens is 1. The molecule has 0 N–H and O–H groups in total. The van der Waals surface area contributed by atoms with E-state index in [-0.39, 0.29) is 35.8 Å². The summed E-state index contributed by atoms with van der Waals surface area (Å²) in [5.41, 5.74) is 1.52. The van der Waals surface area contributed by atoms with E-state index >= 15 is 0 Å². The Bertz CT molecular complexity index is 992. The molecule has 6 nitrogen and oxygen atoms in total. The molecule has 2 aliphatic rings. The van der Waals surface area contributed by atoms with Crippen LogP contribution in [0.2, 0.25) is 0 Å². The second-order valence-corrected chi connectivity index (χ2v) is 9.59. The highest BCUT2D eigenvalue weighted by atomic mass is 32.2. The van der Waals surface area contributed by atoms with Crippen molar-refractivity contribution in [1.82, 2.24) is 4.90 Å². The Labute approximate surface area is 169 Å². The van der Waals surface area contributed by atoms with Gasteiger partial charge in [0.25, 0.3) is 0 Å². The first-order chi connectivity index (χ1) is 13.9. The quantitative estimate of drug-likeness (QED) is 0.745. The number of carbonyl (C=O) groups excluding carboxylic acids is 1. The van der Waals surface area contributed by atoms with Gasteiger partial charge in [-0.05, 0) is 48.9 Å². The Morgan fingerprint density at radius 3 is 2.34 bits per heavy atom. The fourth-order valence-corrected chi connectivity index (χ4v) is 6.14. The predicted molar refractivity (Wildman–Crippen MR) is 108 cm³/mol. The number of fused-ring (bicyclic) bond motifs is 1. The summed E-state index contributed by atoms with van der Waals surface area (Å²) < 4.78 is 43.5. The van der Waals surface area contributed by atoms with Crippen LogP contribution in [0, 0.1) is 5.82 Å². The largest absolute Gasteiger partial charge is 0.494 e. The van der Waals surface area contributed by atoms with Gasteiger partial charge in [0.1, 0.15) is 11.6 Å². The van der Waals surface area contributed by atoms with E-state index < -0.39 is 15.9 Å². The molecule has 154 valence electrons. The van der Waals surface area contributed by atoms with E-state index in [1.54, 1.807) is 41.3 Å². The molecule has 1 amide bonds. The molecule has 2 heterocycles. The molecule has 8 heteroatoms. The summed E-state index contributed by atoms with van der Waals surface area (Å²) in [6.07, 6.45) is 0. The van der Waals surface area contributed by atoms with Gasteiger partial charge in [-0.15, -0.1) is 0 Å². The molecule has 4 rings (SSSR count). The summed E-state index contributed by atoms with van der Waals surface area (Å²) in [4.78, 5) is 16.5. The van der Waals surface area contributed by atoms with Crippen LogP contribution >= 0.6 is 0 Å². The molecule has 2 aromatic rings. The number of nitrogens with zero attached hydrogens (tertiary/aromatic N) is 2. The van der Waals surface area contributed by atoms with Crippen LogP contribution in [0.4, 0.5) is 10.1 Å². The van der Waals surface area contributed by atoms with Crippen molar-refractivity contribution in [1.29, 1.82) is 0 Å². The summed E-state index contributed by atoms with van der Waals surface area (Å²) in [6, 6.07) is 12.5. The lowest BCUT2D eigenvalue weighted by atomic mass is 10.0. The second kappa shape index (κ2) is 7.76. The van der Waals surface area contributed by atoms with Crippen LogP contribution in [0.3, 0.4) is 0 Å². The number of ether oxygens (including phenoxy) is 1. The Morgan fingerprint density at radius 2 is 1.69 bits per heavy atom. The summed E-state index contributed by atoms with van der Waals surface area (Å²) in [5, 5.41) is 0. The van der Waals surface area contributed by atoms with Crippen LogP contribution < -0.4 is 9.64 Å². The highest BCUT2D eigenvalue weighted by Crippen LogP contribution is 2.33. The van der Waals surface area contributed by atoms with E-state index in [0.29, 0.717) is 24.6 Å². The van der Waals surface area contributed by atoms with Gasteiger partial charge in [-0.2, -0.15) is 0 Å². The van der Waals surface area contributed by atoms with E-state index in [2.05, 4.69) is 0 Å². The summed E-state index contributed by atoms with van der Waals surface area (Å²) in [5.74, 6) is 0.186. The molecule has 2 saturated heterocycles. The molecule has 0 aliphatic carbocycles. The molecule has 0 aromatic heterocycles. The fraction of sp³-hybridized carbons (Fsp3) is 0.381. The van der Waals surface area contributed by atoms with E-state index in [4.69, 9.17) is 4.74 Å². The smallest absolute Gasteiger partial charge is 0.241 e. The topological polar surface area (TPSA) is 66.9 Å². The van der Waals surface area contributed by atoms with Crippen molar-refractivity contribution in [3.8, 4) is 5.75 Å². The first kappa shape index (κ1) is 19.8. The molecular formula is C21H23FN2O4S. The standard InChI is InChI=1S/C21H23FN2O4S/c1-2-28-18-9-7-17(8-10-18)24-20-14-29(26,27)13-19(20)23(12-21(24)25)11-15-3-5-16(22)6-4-15/h3-10,19-20H,2,11-14H2,1H3/t19-,20+/m1/s1. The average Bonchev–Trinajstić information content (AvgIpc) is 3.00. The maximum Gasteiger partial charge on any atom is 0.241 e. The van der Waals surface area contributed by atoms with Crippen molar-refractivity contribution < 1.29 is 22.3 Å². The van der Waals surface area contributed by atoms with Crippen LogP contribution in [0.15, 0.2) is 48.5 Å². The Hall–Kier alpha value is -2.45. The molecule has 0 unspecified atom stereocenters. The minimum Gasteiger partial charge on any atom is -0.494 e. The van der Waals surface area contributed by atoms with Crippen molar-refractivity contribution in [2.24, 2.45) is 0 Å². The number of amides is 1. The van der Waals surface area contributed by atoms with Crippen molar-refractivity contribution in [3.05, 3.63) is 59.9 Å². The molecule has 2 aromatic carbocycles. The van der Waals surface area contributed by atoms with Crippen LogP contribution in [0.5, 0.6) is 5.75 Å². The summed E-state index contributed by atoms with van der Waals surface area (Å²) in [6.45, 7) is 2.95. The van der Waals surface area contributed by atoms with Crippen molar-refractivity contribution in [3.63, 3.8) is 0 Å². The van der Waals surface area contributed by atoms with Crippen LogP contribution in [-0.2, 0) is 21.2 Å².